The molecule has 1 fully saturated rings. The summed E-state index contributed by atoms with van der Waals surface area (Å²) in [5.74, 6) is -1.69. The molecule has 1 aliphatic rings. The summed E-state index contributed by atoms with van der Waals surface area (Å²) in [6, 6.07) is 5.33. The number of alkyl halides is 2. The van der Waals surface area contributed by atoms with Gasteiger partial charge in [-0.25, -0.2) is 32.5 Å². The second kappa shape index (κ2) is 9.34. The van der Waals surface area contributed by atoms with Crippen LogP contribution in [0.1, 0.15) is 24.8 Å². The molecule has 5 rings (SSSR count). The Morgan fingerprint density at radius 1 is 1.06 bits per heavy atom. The zero-order valence-corrected chi connectivity index (χ0v) is 19.2. The van der Waals surface area contributed by atoms with Crippen LogP contribution in [0.15, 0.2) is 43.1 Å². The molecule has 3 aromatic heterocycles. The SMILES string of the molecule is Nc1ncnc2c1ncn2Cc1cc(-c2ccc(F)c(F)c2)ncc1N1CCC[C@](N)(CC(F)F)C1. The Morgan fingerprint density at radius 3 is 2.67 bits per heavy atom. The van der Waals surface area contributed by atoms with Gasteiger partial charge in [0, 0.05) is 30.6 Å². The molecule has 1 atom stereocenters. The van der Waals surface area contributed by atoms with E-state index in [0.717, 1.165) is 17.7 Å². The first-order valence-electron chi connectivity index (χ1n) is 11.4. The van der Waals surface area contributed by atoms with Crippen molar-refractivity contribution in [3.63, 3.8) is 0 Å². The molecule has 0 unspecified atom stereocenters. The number of anilines is 2. The van der Waals surface area contributed by atoms with E-state index in [1.54, 1.807) is 23.2 Å². The molecule has 0 aliphatic carbocycles. The average molecular weight is 501 g/mol. The fourth-order valence-corrected chi connectivity index (χ4v) is 4.75. The van der Waals surface area contributed by atoms with Crippen molar-refractivity contribution in [2.24, 2.45) is 5.73 Å². The van der Waals surface area contributed by atoms with Crippen LogP contribution < -0.4 is 16.4 Å². The molecular formula is C24H24F4N8. The number of nitrogen functional groups attached to an aromatic ring is 1. The van der Waals surface area contributed by atoms with Gasteiger partial charge in [0.2, 0.25) is 6.43 Å². The predicted octanol–water partition coefficient (Wildman–Crippen LogP) is 3.75. The van der Waals surface area contributed by atoms with Gasteiger partial charge in [-0.2, -0.15) is 0 Å². The van der Waals surface area contributed by atoms with Crippen LogP contribution in [0.5, 0.6) is 0 Å². The fourth-order valence-electron chi connectivity index (χ4n) is 4.75. The van der Waals surface area contributed by atoms with Crippen molar-refractivity contribution in [2.75, 3.05) is 23.7 Å². The molecule has 36 heavy (non-hydrogen) atoms. The summed E-state index contributed by atoms with van der Waals surface area (Å²) >= 11 is 0. The lowest BCUT2D eigenvalue weighted by Crippen LogP contribution is -2.55. The van der Waals surface area contributed by atoms with Crippen LogP contribution in [0, 0.1) is 11.6 Å². The third-order valence-corrected chi connectivity index (χ3v) is 6.46. The van der Waals surface area contributed by atoms with Crippen molar-refractivity contribution < 1.29 is 17.6 Å². The Labute approximate surface area is 204 Å². The fraction of sp³-hybridized carbons (Fsp3) is 0.333. The summed E-state index contributed by atoms with van der Waals surface area (Å²) in [5, 5.41) is 0. The first-order valence-corrected chi connectivity index (χ1v) is 11.4. The lowest BCUT2D eigenvalue weighted by Gasteiger charge is -2.42. The molecule has 0 saturated carbocycles. The minimum Gasteiger partial charge on any atom is -0.382 e. The third-order valence-electron chi connectivity index (χ3n) is 6.46. The molecule has 0 amide bonds. The van der Waals surface area contributed by atoms with E-state index in [0.29, 0.717) is 47.5 Å². The first kappa shape index (κ1) is 23.9. The standard InChI is InChI=1S/C24H24F4N8/c25-16-3-2-14(6-17(16)26)18-7-15(10-36-13-34-21-22(29)32-12-33-23(21)36)19(9-31-18)35-5-1-4-24(30,11-35)8-20(27)28/h2-3,6-7,9,12-13,20H,1,4-5,8,10-11,30H2,(H2,29,32,33)/t24-/m0/s1. The second-order valence-electron chi connectivity index (χ2n) is 9.11. The van der Waals surface area contributed by atoms with Gasteiger partial charge in [0.05, 0.1) is 30.5 Å². The van der Waals surface area contributed by atoms with Crippen LogP contribution in [0.25, 0.3) is 22.4 Å². The van der Waals surface area contributed by atoms with E-state index in [9.17, 15) is 17.6 Å². The number of pyridine rings is 1. The average Bonchev–Trinajstić information content (AvgIpc) is 3.24. The lowest BCUT2D eigenvalue weighted by atomic mass is 9.86. The highest BCUT2D eigenvalue weighted by Gasteiger charge is 2.35. The highest BCUT2D eigenvalue weighted by molar-refractivity contribution is 5.81. The van der Waals surface area contributed by atoms with E-state index in [-0.39, 0.29) is 18.9 Å². The zero-order chi connectivity index (χ0) is 25.4. The monoisotopic (exact) mass is 500 g/mol. The van der Waals surface area contributed by atoms with Gasteiger partial charge >= 0.3 is 0 Å². The summed E-state index contributed by atoms with van der Waals surface area (Å²) in [5.41, 5.74) is 14.5. The summed E-state index contributed by atoms with van der Waals surface area (Å²) in [4.78, 5) is 19.0. The minimum atomic E-state index is -2.51. The van der Waals surface area contributed by atoms with Crippen molar-refractivity contribution in [3.05, 3.63) is 60.3 Å². The largest absolute Gasteiger partial charge is 0.382 e. The lowest BCUT2D eigenvalue weighted by molar-refractivity contribution is 0.0983. The van der Waals surface area contributed by atoms with Gasteiger partial charge in [0.25, 0.3) is 0 Å². The third kappa shape index (κ3) is 4.68. The molecule has 188 valence electrons. The van der Waals surface area contributed by atoms with Crippen LogP contribution in [-0.2, 0) is 6.54 Å². The molecule has 8 nitrogen and oxygen atoms in total. The van der Waals surface area contributed by atoms with Crippen molar-refractivity contribution >= 4 is 22.7 Å². The molecular weight excluding hydrogens is 476 g/mol. The van der Waals surface area contributed by atoms with Crippen molar-refractivity contribution in [1.29, 1.82) is 0 Å². The number of benzene rings is 1. The summed E-state index contributed by atoms with van der Waals surface area (Å²) < 4.78 is 55.6. The minimum absolute atomic E-state index is 0.232. The molecule has 0 spiro atoms. The Hall–Kier alpha value is -3.80. The normalized spacial score (nSPS) is 18.3. The smallest absolute Gasteiger partial charge is 0.240 e. The van der Waals surface area contributed by atoms with Crippen LogP contribution in [0.2, 0.25) is 0 Å². The number of imidazole rings is 1. The van der Waals surface area contributed by atoms with Crippen molar-refractivity contribution in [1.82, 2.24) is 24.5 Å². The molecule has 12 heteroatoms. The summed E-state index contributed by atoms with van der Waals surface area (Å²) in [6.07, 6.45) is 2.76. The maximum atomic E-state index is 13.9. The van der Waals surface area contributed by atoms with E-state index in [2.05, 4.69) is 19.9 Å². The Kier molecular flexibility index (Phi) is 6.20. The maximum absolute atomic E-state index is 13.9. The van der Waals surface area contributed by atoms with E-state index in [4.69, 9.17) is 11.5 Å². The van der Waals surface area contributed by atoms with Gasteiger partial charge in [-0.15, -0.1) is 0 Å². The molecule has 0 bridgehead atoms. The zero-order valence-electron chi connectivity index (χ0n) is 19.2. The molecule has 0 radical (unpaired) electrons. The number of nitrogens with zero attached hydrogens (tertiary/aromatic N) is 6. The van der Waals surface area contributed by atoms with Crippen molar-refractivity contribution in [2.45, 2.75) is 37.8 Å². The highest BCUT2D eigenvalue weighted by atomic mass is 19.3. The topological polar surface area (TPSA) is 112 Å². The quantitative estimate of drug-likeness (QED) is 0.388. The molecule has 1 aromatic carbocycles. The van der Waals surface area contributed by atoms with Gasteiger partial charge in [-0.1, -0.05) is 0 Å². The molecule has 4 heterocycles. The number of nitrogens with two attached hydrogens (primary N) is 2. The van der Waals surface area contributed by atoms with Crippen LogP contribution in [0.4, 0.5) is 29.1 Å². The van der Waals surface area contributed by atoms with Crippen LogP contribution >= 0.6 is 0 Å². The van der Waals surface area contributed by atoms with E-state index >= 15 is 0 Å². The Balaban J connectivity index is 1.57. The Bertz CT molecular complexity index is 1410. The van der Waals surface area contributed by atoms with Crippen LogP contribution in [-0.4, -0.2) is 49.6 Å². The number of hydrogen-bond donors (Lipinski definition) is 2. The molecule has 1 saturated heterocycles. The van der Waals surface area contributed by atoms with E-state index in [1.807, 2.05) is 4.90 Å². The van der Waals surface area contributed by atoms with Gasteiger partial charge in [-0.05, 0) is 42.7 Å². The number of aromatic nitrogens is 5. The van der Waals surface area contributed by atoms with Gasteiger partial charge in [0.15, 0.2) is 23.1 Å². The Morgan fingerprint density at radius 2 is 1.89 bits per heavy atom. The molecule has 1 aliphatic heterocycles. The number of halogens is 4. The second-order valence-corrected chi connectivity index (χ2v) is 9.11. The van der Waals surface area contributed by atoms with E-state index < -0.39 is 30.0 Å². The van der Waals surface area contributed by atoms with Gasteiger partial charge in [-0.3, -0.25) is 4.98 Å². The number of hydrogen-bond acceptors (Lipinski definition) is 7. The number of rotatable bonds is 6. The highest BCUT2D eigenvalue weighted by Crippen LogP contribution is 2.33. The molecule has 4 aromatic rings. The maximum Gasteiger partial charge on any atom is 0.240 e. The summed E-state index contributed by atoms with van der Waals surface area (Å²) in [6.45, 7) is 1.13. The number of fused-ring (bicyclic) bond motifs is 1. The van der Waals surface area contributed by atoms with E-state index in [1.165, 1.54) is 12.4 Å². The predicted molar refractivity (Wildman–Crippen MR) is 127 cm³/mol. The first-order chi connectivity index (χ1) is 17.2. The van der Waals surface area contributed by atoms with Crippen molar-refractivity contribution in [3.8, 4) is 11.3 Å². The van der Waals surface area contributed by atoms with Gasteiger partial charge in [0.1, 0.15) is 11.8 Å². The number of piperidine rings is 1. The van der Waals surface area contributed by atoms with Gasteiger partial charge < -0.3 is 20.9 Å². The molecule has 4 N–H and O–H groups in total. The van der Waals surface area contributed by atoms with Crippen LogP contribution in [0.3, 0.4) is 0 Å². The summed E-state index contributed by atoms with van der Waals surface area (Å²) in [7, 11) is 0.